The molecule has 1 unspecified atom stereocenters. The number of fused-ring (bicyclic) bond motifs is 1. The third kappa shape index (κ3) is 5.36. The molecule has 0 N–H and O–H groups in total. The lowest BCUT2D eigenvalue weighted by atomic mass is 9.96. The molecule has 5 heteroatoms. The maximum Gasteiger partial charge on any atom is 0.149 e. The van der Waals surface area contributed by atoms with Crippen molar-refractivity contribution in [2.24, 2.45) is 0 Å². The van der Waals surface area contributed by atoms with Gasteiger partial charge < -0.3 is 9.47 Å². The van der Waals surface area contributed by atoms with Crippen molar-refractivity contribution < 1.29 is 13.9 Å². The van der Waals surface area contributed by atoms with Gasteiger partial charge in [-0.05, 0) is 65.2 Å². The van der Waals surface area contributed by atoms with E-state index in [2.05, 4.69) is 16.5 Å². The fourth-order valence-electron chi connectivity index (χ4n) is 3.79. The molecular weight excluding hydrogens is 439 g/mol. The van der Waals surface area contributed by atoms with Gasteiger partial charge in [-0.25, -0.2) is 9.37 Å². The molecule has 5 rings (SSSR count). The van der Waals surface area contributed by atoms with Gasteiger partial charge in [0.05, 0.1) is 17.4 Å². The second-order valence-electron chi connectivity index (χ2n) is 8.07. The Hall–Kier alpha value is -4.51. The monoisotopic (exact) mass is 462 g/mol. The van der Waals surface area contributed by atoms with Crippen molar-refractivity contribution in [2.75, 3.05) is 0 Å². The number of nitrogens with zero attached hydrogens (tertiary/aromatic N) is 2. The first-order valence-corrected chi connectivity index (χ1v) is 11.2. The van der Waals surface area contributed by atoms with Crippen LogP contribution >= 0.6 is 0 Å². The third-order valence-electron chi connectivity index (χ3n) is 5.65. The molecular formula is C30H23FN2O2. The lowest BCUT2D eigenvalue weighted by Crippen LogP contribution is -2.10. The zero-order valence-electron chi connectivity index (χ0n) is 19.0. The predicted octanol–water partition coefficient (Wildman–Crippen LogP) is 7.18. The fourth-order valence-corrected chi connectivity index (χ4v) is 3.79. The number of pyridine rings is 2. The molecule has 0 aliphatic carbocycles. The molecule has 0 bridgehead atoms. The number of benzene rings is 3. The smallest absolute Gasteiger partial charge is 0.149 e. The lowest BCUT2D eigenvalue weighted by Gasteiger charge is -2.22. The summed E-state index contributed by atoms with van der Waals surface area (Å²) in [5.41, 5.74) is 4.23. The summed E-state index contributed by atoms with van der Waals surface area (Å²) in [4.78, 5) is 8.77. The Kier molecular flexibility index (Phi) is 6.48. The molecule has 0 aliphatic rings. The van der Waals surface area contributed by atoms with Crippen molar-refractivity contribution in [1.29, 1.82) is 0 Å². The van der Waals surface area contributed by atoms with Gasteiger partial charge in [0.2, 0.25) is 0 Å². The molecule has 4 nitrogen and oxygen atoms in total. The van der Waals surface area contributed by atoms with Crippen LogP contribution in [0.3, 0.4) is 0 Å². The van der Waals surface area contributed by atoms with Gasteiger partial charge in [-0.3, -0.25) is 4.98 Å². The van der Waals surface area contributed by atoms with Crippen LogP contribution in [0.15, 0.2) is 116 Å². The van der Waals surface area contributed by atoms with E-state index in [4.69, 9.17) is 9.47 Å². The molecule has 35 heavy (non-hydrogen) atoms. The lowest BCUT2D eigenvalue weighted by molar-refractivity contribution is 0.263. The molecule has 0 spiro atoms. The Morgan fingerprint density at radius 1 is 0.829 bits per heavy atom. The van der Waals surface area contributed by atoms with E-state index in [0.29, 0.717) is 12.4 Å². The number of aromatic nitrogens is 2. The van der Waals surface area contributed by atoms with Crippen LogP contribution in [0, 0.1) is 5.82 Å². The van der Waals surface area contributed by atoms with Crippen LogP contribution in [0.4, 0.5) is 4.39 Å². The van der Waals surface area contributed by atoms with Crippen molar-refractivity contribution in [1.82, 2.24) is 9.97 Å². The molecule has 0 saturated heterocycles. The summed E-state index contributed by atoms with van der Waals surface area (Å²) >= 11 is 0. The standard InChI is InChI=1S/C30H23FN2O2/c1-21(30(24-8-13-25(31)14-9-24)35-28-6-4-18-32-19-28)22-11-16-27(17-12-22)34-20-26-15-10-23-5-2-3-7-29(23)33-26/h2-19,30H,1,20H2. The minimum atomic E-state index is -0.506. The highest BCUT2D eigenvalue weighted by atomic mass is 19.1. The molecule has 5 aromatic rings. The van der Waals surface area contributed by atoms with Gasteiger partial charge in [-0.1, -0.05) is 55.1 Å². The van der Waals surface area contributed by atoms with E-state index in [-0.39, 0.29) is 5.82 Å². The topological polar surface area (TPSA) is 44.2 Å². The second-order valence-corrected chi connectivity index (χ2v) is 8.07. The van der Waals surface area contributed by atoms with Crippen LogP contribution < -0.4 is 9.47 Å². The number of halogens is 1. The van der Waals surface area contributed by atoms with Crippen LogP contribution in [-0.4, -0.2) is 9.97 Å². The summed E-state index contributed by atoms with van der Waals surface area (Å²) in [5.74, 6) is 1.02. The number of ether oxygens (including phenoxy) is 2. The van der Waals surface area contributed by atoms with E-state index >= 15 is 0 Å². The maximum absolute atomic E-state index is 13.5. The number of hydrogen-bond acceptors (Lipinski definition) is 4. The number of hydrogen-bond donors (Lipinski definition) is 0. The molecule has 0 fully saturated rings. The van der Waals surface area contributed by atoms with Crippen LogP contribution in [-0.2, 0) is 6.61 Å². The Bertz CT molecular complexity index is 1440. The predicted molar refractivity (Wildman–Crippen MR) is 136 cm³/mol. The van der Waals surface area contributed by atoms with Crippen molar-refractivity contribution in [3.63, 3.8) is 0 Å². The maximum atomic E-state index is 13.5. The highest BCUT2D eigenvalue weighted by Gasteiger charge is 2.19. The summed E-state index contributed by atoms with van der Waals surface area (Å²) in [5, 5.41) is 1.10. The second kappa shape index (κ2) is 10.2. The van der Waals surface area contributed by atoms with Gasteiger partial charge in [0, 0.05) is 11.6 Å². The fraction of sp³-hybridized carbons (Fsp3) is 0.0667. The van der Waals surface area contributed by atoms with E-state index < -0.39 is 6.10 Å². The normalized spacial score (nSPS) is 11.7. The van der Waals surface area contributed by atoms with Crippen LogP contribution in [0.2, 0.25) is 0 Å². The first kappa shape index (κ1) is 22.3. The highest BCUT2D eigenvalue weighted by Crippen LogP contribution is 2.34. The minimum absolute atomic E-state index is 0.304. The molecule has 2 heterocycles. The average molecular weight is 463 g/mol. The van der Waals surface area contributed by atoms with Crippen LogP contribution in [0.1, 0.15) is 22.9 Å². The molecule has 0 radical (unpaired) electrons. The van der Waals surface area contributed by atoms with E-state index in [1.165, 1.54) is 12.1 Å². The van der Waals surface area contributed by atoms with Gasteiger partial charge in [0.25, 0.3) is 0 Å². The summed E-state index contributed by atoms with van der Waals surface area (Å²) in [7, 11) is 0. The number of para-hydroxylation sites is 1. The van der Waals surface area contributed by atoms with Gasteiger partial charge in [-0.15, -0.1) is 0 Å². The van der Waals surface area contributed by atoms with E-state index in [9.17, 15) is 4.39 Å². The van der Waals surface area contributed by atoms with Gasteiger partial charge in [0.1, 0.15) is 30.0 Å². The highest BCUT2D eigenvalue weighted by molar-refractivity contribution is 5.78. The minimum Gasteiger partial charge on any atom is -0.487 e. The number of rotatable bonds is 8. The third-order valence-corrected chi connectivity index (χ3v) is 5.65. The van der Waals surface area contributed by atoms with Crippen molar-refractivity contribution >= 4 is 16.5 Å². The summed E-state index contributed by atoms with van der Waals surface area (Å²) < 4.78 is 25.7. The van der Waals surface area contributed by atoms with Crippen LogP contribution in [0.5, 0.6) is 11.5 Å². The summed E-state index contributed by atoms with van der Waals surface area (Å²) in [6.07, 6.45) is 2.82. The van der Waals surface area contributed by atoms with E-state index in [1.807, 2.05) is 66.7 Å². The first-order valence-electron chi connectivity index (χ1n) is 11.2. The quantitative estimate of drug-likeness (QED) is 0.245. The SMILES string of the molecule is C=C(c1ccc(OCc2ccc3ccccc3n2)cc1)C(Oc1cccnc1)c1ccc(F)cc1. The molecule has 0 saturated carbocycles. The Labute approximate surface area is 203 Å². The van der Waals surface area contributed by atoms with Crippen molar-refractivity contribution in [2.45, 2.75) is 12.7 Å². The largest absolute Gasteiger partial charge is 0.487 e. The van der Waals surface area contributed by atoms with Gasteiger partial charge in [-0.2, -0.15) is 0 Å². The molecule has 1 atom stereocenters. The summed E-state index contributed by atoms with van der Waals surface area (Å²) in [6.45, 7) is 4.65. The van der Waals surface area contributed by atoms with Crippen LogP contribution in [0.25, 0.3) is 16.5 Å². The Balaban J connectivity index is 1.31. The van der Waals surface area contributed by atoms with Crippen molar-refractivity contribution in [3.05, 3.63) is 139 Å². The molecule has 3 aromatic carbocycles. The zero-order valence-corrected chi connectivity index (χ0v) is 19.0. The van der Waals surface area contributed by atoms with Gasteiger partial charge >= 0.3 is 0 Å². The Morgan fingerprint density at radius 3 is 2.40 bits per heavy atom. The Morgan fingerprint density at radius 2 is 1.63 bits per heavy atom. The molecule has 0 amide bonds. The van der Waals surface area contributed by atoms with E-state index in [0.717, 1.165) is 39.0 Å². The summed E-state index contributed by atoms with van der Waals surface area (Å²) in [6, 6.07) is 29.6. The van der Waals surface area contributed by atoms with Gasteiger partial charge in [0.15, 0.2) is 0 Å². The van der Waals surface area contributed by atoms with E-state index in [1.54, 1.807) is 30.6 Å². The molecule has 0 aliphatic heterocycles. The first-order chi connectivity index (χ1) is 17.2. The average Bonchev–Trinajstić information content (AvgIpc) is 2.91. The molecule has 2 aromatic heterocycles. The van der Waals surface area contributed by atoms with Crippen molar-refractivity contribution in [3.8, 4) is 11.5 Å². The molecule has 172 valence electrons. The zero-order chi connectivity index (χ0) is 24.0.